The van der Waals surface area contributed by atoms with Gasteiger partial charge >= 0.3 is 0 Å². The van der Waals surface area contributed by atoms with Gasteiger partial charge in [0.2, 0.25) is 5.91 Å². The van der Waals surface area contributed by atoms with E-state index in [9.17, 15) is 4.79 Å². The molecule has 0 radical (unpaired) electrons. The van der Waals surface area contributed by atoms with Crippen LogP contribution in [0.5, 0.6) is 0 Å². The van der Waals surface area contributed by atoms with Crippen LogP contribution in [0, 0.1) is 0 Å². The van der Waals surface area contributed by atoms with Crippen LogP contribution in [0.1, 0.15) is 33.1 Å². The highest BCUT2D eigenvalue weighted by molar-refractivity contribution is 7.81. The summed E-state index contributed by atoms with van der Waals surface area (Å²) < 4.78 is 21.8. The number of carbonyl (C=O) groups excluding carboxylic acids is 1. The monoisotopic (exact) mass is 337 g/mol. The summed E-state index contributed by atoms with van der Waals surface area (Å²) in [4.78, 5) is 10.9. The van der Waals surface area contributed by atoms with Gasteiger partial charge in [0.25, 0.3) is 0 Å². The zero-order chi connectivity index (χ0) is 16.5. The van der Waals surface area contributed by atoms with Gasteiger partial charge in [-0.25, -0.2) is 0 Å². The molecule has 0 rings (SSSR count). The van der Waals surface area contributed by atoms with Crippen molar-refractivity contribution in [2.24, 2.45) is 0 Å². The van der Waals surface area contributed by atoms with E-state index >= 15 is 0 Å². The third-order valence-corrected chi connectivity index (χ3v) is 3.04. The summed E-state index contributed by atoms with van der Waals surface area (Å²) in [5.41, 5.74) is 0. The van der Waals surface area contributed by atoms with Gasteiger partial charge in [0.15, 0.2) is 6.29 Å². The number of rotatable bonds is 16. The van der Waals surface area contributed by atoms with E-state index in [4.69, 9.17) is 18.9 Å². The molecule has 0 saturated heterocycles. The molecule has 7 heteroatoms. The molecule has 1 N–H and O–H groups in total. The first kappa shape index (κ1) is 21.7. The Balaban J connectivity index is 3.24. The molecule has 22 heavy (non-hydrogen) atoms. The highest BCUT2D eigenvalue weighted by atomic mass is 32.1. The summed E-state index contributed by atoms with van der Waals surface area (Å²) >= 11 is 3.88. The number of unbranched alkanes of at least 4 members (excludes halogenated alkanes) is 1. The molecule has 0 fully saturated rings. The van der Waals surface area contributed by atoms with Gasteiger partial charge in [-0.1, -0.05) is 0 Å². The Hall–Kier alpha value is -0.340. The first-order valence-electron chi connectivity index (χ1n) is 8.00. The van der Waals surface area contributed by atoms with Crippen LogP contribution in [-0.4, -0.2) is 64.1 Å². The lowest BCUT2D eigenvalue weighted by molar-refractivity contribution is -0.147. The Kier molecular flexibility index (Phi) is 16.8. The van der Waals surface area contributed by atoms with Crippen LogP contribution in [0.2, 0.25) is 0 Å². The molecule has 132 valence electrons. The molecule has 0 bridgehead atoms. The van der Waals surface area contributed by atoms with Crippen molar-refractivity contribution >= 4 is 18.5 Å². The Morgan fingerprint density at radius 2 is 1.64 bits per heavy atom. The predicted octanol–water partition coefficient (Wildman–Crippen LogP) is 1.64. The first-order chi connectivity index (χ1) is 10.7. The average molecular weight is 337 g/mol. The fraction of sp³-hybridized carbons (Fsp3) is 0.933. The van der Waals surface area contributed by atoms with Gasteiger partial charge in [-0.3, -0.25) is 4.79 Å². The van der Waals surface area contributed by atoms with Crippen molar-refractivity contribution in [2.45, 2.75) is 39.4 Å². The Morgan fingerprint density at radius 1 is 1.00 bits per heavy atom. The van der Waals surface area contributed by atoms with Gasteiger partial charge in [-0.15, -0.1) is 0 Å². The number of hydrogen-bond donors (Lipinski definition) is 2. The second-order valence-electron chi connectivity index (χ2n) is 4.57. The second-order valence-corrected chi connectivity index (χ2v) is 4.89. The van der Waals surface area contributed by atoms with Crippen LogP contribution in [0.25, 0.3) is 0 Å². The van der Waals surface area contributed by atoms with Crippen molar-refractivity contribution in [2.75, 3.05) is 51.9 Å². The van der Waals surface area contributed by atoms with Crippen LogP contribution in [-0.2, 0) is 23.7 Å². The van der Waals surface area contributed by atoms with Crippen molar-refractivity contribution in [3.63, 3.8) is 0 Å². The molecule has 0 heterocycles. The summed E-state index contributed by atoms with van der Waals surface area (Å²) in [6.45, 7) is 8.29. The zero-order valence-corrected chi connectivity index (χ0v) is 14.7. The molecule has 0 unspecified atom stereocenters. The minimum Gasteiger partial charge on any atom is -0.379 e. The van der Waals surface area contributed by atoms with E-state index in [0.717, 1.165) is 19.3 Å². The SMILES string of the molecule is CCOC(CCOCCOCCCCNC(=O)CS)OCC. The van der Waals surface area contributed by atoms with Crippen LogP contribution in [0.3, 0.4) is 0 Å². The first-order valence-corrected chi connectivity index (χ1v) is 8.64. The molecule has 0 atom stereocenters. The lowest BCUT2D eigenvalue weighted by Crippen LogP contribution is -2.25. The topological polar surface area (TPSA) is 66.0 Å². The van der Waals surface area contributed by atoms with E-state index in [1.807, 2.05) is 13.8 Å². The molecule has 1 amide bonds. The van der Waals surface area contributed by atoms with E-state index in [-0.39, 0.29) is 18.0 Å². The smallest absolute Gasteiger partial charge is 0.229 e. The third kappa shape index (κ3) is 14.6. The lowest BCUT2D eigenvalue weighted by atomic mass is 10.3. The van der Waals surface area contributed by atoms with Gasteiger partial charge in [0, 0.05) is 32.8 Å². The van der Waals surface area contributed by atoms with Crippen LogP contribution < -0.4 is 5.32 Å². The molecular weight excluding hydrogens is 306 g/mol. The van der Waals surface area contributed by atoms with Crippen molar-refractivity contribution in [1.29, 1.82) is 0 Å². The molecule has 0 aliphatic carbocycles. The fourth-order valence-corrected chi connectivity index (χ4v) is 1.81. The van der Waals surface area contributed by atoms with Crippen molar-refractivity contribution in [3.8, 4) is 0 Å². The fourth-order valence-electron chi connectivity index (χ4n) is 1.70. The molecule has 0 spiro atoms. The second kappa shape index (κ2) is 17.0. The third-order valence-electron chi connectivity index (χ3n) is 2.76. The molecule has 6 nitrogen and oxygen atoms in total. The van der Waals surface area contributed by atoms with Gasteiger partial charge in [-0.05, 0) is 26.7 Å². The number of ether oxygens (including phenoxy) is 4. The number of hydrogen-bond acceptors (Lipinski definition) is 6. The van der Waals surface area contributed by atoms with Crippen molar-refractivity contribution in [1.82, 2.24) is 5.32 Å². The highest BCUT2D eigenvalue weighted by Crippen LogP contribution is 2.01. The van der Waals surface area contributed by atoms with E-state index in [2.05, 4.69) is 17.9 Å². The maximum Gasteiger partial charge on any atom is 0.229 e. The van der Waals surface area contributed by atoms with Gasteiger partial charge in [-0.2, -0.15) is 12.6 Å². The van der Waals surface area contributed by atoms with Crippen LogP contribution >= 0.6 is 12.6 Å². The summed E-state index contributed by atoms with van der Waals surface area (Å²) in [5, 5.41) is 2.76. The van der Waals surface area contributed by atoms with Crippen LogP contribution in [0.15, 0.2) is 0 Å². The minimum atomic E-state index is -0.177. The van der Waals surface area contributed by atoms with Gasteiger partial charge < -0.3 is 24.3 Å². The Bertz CT molecular complexity index is 250. The number of amides is 1. The normalized spacial score (nSPS) is 11.1. The van der Waals surface area contributed by atoms with Gasteiger partial charge in [0.1, 0.15) is 0 Å². The Morgan fingerprint density at radius 3 is 2.23 bits per heavy atom. The predicted molar refractivity (Wildman–Crippen MR) is 89.4 cm³/mol. The van der Waals surface area contributed by atoms with E-state index < -0.39 is 0 Å². The quantitative estimate of drug-likeness (QED) is 0.255. The largest absolute Gasteiger partial charge is 0.379 e. The molecule has 0 aromatic rings. The molecule has 0 aromatic carbocycles. The maximum atomic E-state index is 10.9. The van der Waals surface area contributed by atoms with E-state index in [1.54, 1.807) is 0 Å². The minimum absolute atomic E-state index is 0.0324. The van der Waals surface area contributed by atoms with E-state index in [0.29, 0.717) is 46.2 Å². The number of carbonyl (C=O) groups is 1. The summed E-state index contributed by atoms with van der Waals surface area (Å²) in [6, 6.07) is 0. The lowest BCUT2D eigenvalue weighted by Gasteiger charge is -2.16. The Labute approximate surface area is 139 Å². The van der Waals surface area contributed by atoms with E-state index in [1.165, 1.54) is 0 Å². The molecule has 0 aliphatic rings. The van der Waals surface area contributed by atoms with Crippen molar-refractivity contribution in [3.05, 3.63) is 0 Å². The highest BCUT2D eigenvalue weighted by Gasteiger charge is 2.06. The maximum absolute atomic E-state index is 10.9. The number of nitrogens with one attached hydrogen (secondary N) is 1. The molecule has 0 aromatic heterocycles. The molecule has 0 saturated carbocycles. The van der Waals surface area contributed by atoms with Gasteiger partial charge in [0.05, 0.1) is 25.6 Å². The average Bonchev–Trinajstić information content (AvgIpc) is 2.52. The summed E-state index contributed by atoms with van der Waals surface area (Å²) in [6.07, 6.45) is 2.38. The molecule has 0 aliphatic heterocycles. The zero-order valence-electron chi connectivity index (χ0n) is 13.8. The van der Waals surface area contributed by atoms with Crippen molar-refractivity contribution < 1.29 is 23.7 Å². The summed E-state index contributed by atoms with van der Waals surface area (Å²) in [5.74, 6) is 0.205. The summed E-state index contributed by atoms with van der Waals surface area (Å²) in [7, 11) is 0. The standard InChI is InChI=1S/C15H31NO5S/c1-3-20-15(21-4-2)7-10-19-12-11-18-9-6-5-8-16-14(17)13-22/h15,22H,3-13H2,1-2H3,(H,16,17). The molecular formula is C15H31NO5S. The number of thiol groups is 1. The van der Waals surface area contributed by atoms with Crippen LogP contribution in [0.4, 0.5) is 0 Å².